The molecule has 0 bridgehead atoms. The Morgan fingerprint density at radius 3 is 2.46 bits per heavy atom. The predicted molar refractivity (Wildman–Crippen MR) is 99.6 cm³/mol. The highest BCUT2D eigenvalue weighted by Crippen LogP contribution is 2.25. The lowest BCUT2D eigenvalue weighted by Gasteiger charge is -2.23. The van der Waals surface area contributed by atoms with Crippen molar-refractivity contribution in [2.75, 3.05) is 11.4 Å². The van der Waals surface area contributed by atoms with Crippen LogP contribution in [0.1, 0.15) is 43.9 Å². The number of carbonyl (C=O) groups is 1. The van der Waals surface area contributed by atoms with Gasteiger partial charge in [-0.3, -0.25) is 4.79 Å². The third-order valence-electron chi connectivity index (χ3n) is 4.23. The Hall–Kier alpha value is -2.29. The lowest BCUT2D eigenvalue weighted by Crippen LogP contribution is -2.30. The Labute approximate surface area is 145 Å². The normalized spacial score (nSPS) is 10.5. The number of nitrogens with zero attached hydrogens (tertiary/aromatic N) is 1. The summed E-state index contributed by atoms with van der Waals surface area (Å²) in [6, 6.07) is 14.3. The second kappa shape index (κ2) is 8.53. The van der Waals surface area contributed by atoms with E-state index in [-0.39, 0.29) is 5.91 Å². The Kier molecular flexibility index (Phi) is 6.42. The molecule has 2 aromatic rings. The molecule has 0 radical (unpaired) electrons. The Bertz CT molecular complexity index is 694. The summed E-state index contributed by atoms with van der Waals surface area (Å²) in [7, 11) is 0. The second-order valence-electron chi connectivity index (χ2n) is 5.86. The van der Waals surface area contributed by atoms with Crippen LogP contribution in [0, 0.1) is 6.92 Å². The molecular formula is C21H27NO2. The molecule has 0 aliphatic carbocycles. The molecule has 128 valence electrons. The quantitative estimate of drug-likeness (QED) is 0.724. The summed E-state index contributed by atoms with van der Waals surface area (Å²) < 4.78 is 6.03. The minimum atomic E-state index is 0.133. The molecule has 1 amide bonds. The number of aryl methyl sites for hydroxylation is 2. The van der Waals surface area contributed by atoms with Gasteiger partial charge in [-0.15, -0.1) is 0 Å². The zero-order valence-electron chi connectivity index (χ0n) is 15.1. The van der Waals surface area contributed by atoms with Crippen LogP contribution in [-0.2, 0) is 17.8 Å². The van der Waals surface area contributed by atoms with Crippen molar-refractivity contribution in [1.29, 1.82) is 0 Å². The number of anilines is 1. The van der Waals surface area contributed by atoms with Gasteiger partial charge in [-0.2, -0.15) is 0 Å². The number of ether oxygens (including phenoxy) is 1. The van der Waals surface area contributed by atoms with E-state index in [0.29, 0.717) is 19.6 Å². The van der Waals surface area contributed by atoms with Crippen LogP contribution in [-0.4, -0.2) is 12.5 Å². The molecule has 0 spiro atoms. The molecule has 0 aromatic heterocycles. The van der Waals surface area contributed by atoms with Crippen molar-refractivity contribution >= 4 is 11.6 Å². The van der Waals surface area contributed by atoms with E-state index in [1.54, 1.807) is 0 Å². The maximum atomic E-state index is 12.2. The fourth-order valence-corrected chi connectivity index (χ4v) is 2.82. The van der Waals surface area contributed by atoms with E-state index in [1.807, 2.05) is 49.1 Å². The van der Waals surface area contributed by atoms with Gasteiger partial charge >= 0.3 is 0 Å². The fraction of sp³-hybridized carbons (Fsp3) is 0.381. The minimum absolute atomic E-state index is 0.133. The van der Waals surface area contributed by atoms with Crippen LogP contribution in [0.3, 0.4) is 0 Å². The number of hydrogen-bond donors (Lipinski definition) is 0. The van der Waals surface area contributed by atoms with Crippen LogP contribution >= 0.6 is 0 Å². The van der Waals surface area contributed by atoms with Crippen molar-refractivity contribution in [3.8, 4) is 5.75 Å². The van der Waals surface area contributed by atoms with Crippen molar-refractivity contribution in [3.05, 3.63) is 59.2 Å². The van der Waals surface area contributed by atoms with Gasteiger partial charge < -0.3 is 9.64 Å². The minimum Gasteiger partial charge on any atom is -0.489 e. The number of para-hydroxylation sites is 1. The summed E-state index contributed by atoms with van der Waals surface area (Å²) in [6.45, 7) is 9.22. The van der Waals surface area contributed by atoms with Gasteiger partial charge in [0.2, 0.25) is 5.91 Å². The molecule has 3 nitrogen and oxygen atoms in total. The van der Waals surface area contributed by atoms with E-state index >= 15 is 0 Å². The highest BCUT2D eigenvalue weighted by atomic mass is 16.5. The first kappa shape index (κ1) is 18.1. The molecule has 0 aliphatic heterocycles. The summed E-state index contributed by atoms with van der Waals surface area (Å²) in [5.74, 6) is 1.03. The van der Waals surface area contributed by atoms with E-state index in [4.69, 9.17) is 4.74 Å². The van der Waals surface area contributed by atoms with E-state index in [2.05, 4.69) is 26.0 Å². The second-order valence-corrected chi connectivity index (χ2v) is 5.86. The molecule has 2 aromatic carbocycles. The zero-order valence-corrected chi connectivity index (χ0v) is 15.1. The highest BCUT2D eigenvalue weighted by molar-refractivity contribution is 5.93. The standard InChI is InChI=1S/C21H27NO2/c1-5-17-12-13-20(16(4)14-17)24-15-18-10-8-9-11-19(18)22(7-3)21(23)6-2/h8-14H,5-7,15H2,1-4H3. The van der Waals surface area contributed by atoms with Crippen LogP contribution in [0.4, 0.5) is 5.69 Å². The van der Waals surface area contributed by atoms with Crippen LogP contribution < -0.4 is 9.64 Å². The van der Waals surface area contributed by atoms with Crippen molar-refractivity contribution in [3.63, 3.8) is 0 Å². The molecule has 0 N–H and O–H groups in total. The molecule has 24 heavy (non-hydrogen) atoms. The van der Waals surface area contributed by atoms with E-state index in [0.717, 1.165) is 29.0 Å². The monoisotopic (exact) mass is 325 g/mol. The van der Waals surface area contributed by atoms with Gasteiger partial charge in [0.15, 0.2) is 0 Å². The SMILES string of the molecule is CCC(=O)N(CC)c1ccccc1COc1ccc(CC)cc1C. The number of carbonyl (C=O) groups excluding carboxylic acids is 1. The van der Waals surface area contributed by atoms with E-state index in [1.165, 1.54) is 5.56 Å². The van der Waals surface area contributed by atoms with Crippen LogP contribution in [0.5, 0.6) is 5.75 Å². The first-order valence-electron chi connectivity index (χ1n) is 8.71. The molecular weight excluding hydrogens is 298 g/mol. The van der Waals surface area contributed by atoms with Gasteiger partial charge in [-0.05, 0) is 43.5 Å². The lowest BCUT2D eigenvalue weighted by molar-refractivity contribution is -0.118. The molecule has 2 rings (SSSR count). The maximum absolute atomic E-state index is 12.2. The molecule has 0 unspecified atom stereocenters. The van der Waals surface area contributed by atoms with E-state index in [9.17, 15) is 4.79 Å². The molecule has 0 fully saturated rings. The topological polar surface area (TPSA) is 29.5 Å². The van der Waals surface area contributed by atoms with Crippen LogP contribution in [0.15, 0.2) is 42.5 Å². The largest absolute Gasteiger partial charge is 0.489 e. The average molecular weight is 325 g/mol. The Morgan fingerprint density at radius 1 is 1.08 bits per heavy atom. The number of benzene rings is 2. The summed E-state index contributed by atoms with van der Waals surface area (Å²) in [6.07, 6.45) is 1.52. The molecule has 0 heterocycles. The number of amides is 1. The Balaban J connectivity index is 2.20. The van der Waals surface area contributed by atoms with Crippen molar-refractivity contribution < 1.29 is 9.53 Å². The molecule has 0 aliphatic rings. The number of rotatable bonds is 7. The van der Waals surface area contributed by atoms with Crippen molar-refractivity contribution in [1.82, 2.24) is 0 Å². The van der Waals surface area contributed by atoms with Crippen molar-refractivity contribution in [2.45, 2.75) is 47.1 Å². The first-order chi connectivity index (χ1) is 11.6. The Morgan fingerprint density at radius 2 is 1.83 bits per heavy atom. The fourth-order valence-electron chi connectivity index (χ4n) is 2.82. The zero-order chi connectivity index (χ0) is 17.5. The molecule has 0 atom stereocenters. The predicted octanol–water partition coefficient (Wildman–Crippen LogP) is 4.90. The molecule has 3 heteroatoms. The lowest BCUT2D eigenvalue weighted by atomic mass is 10.1. The van der Waals surface area contributed by atoms with Gasteiger partial charge in [-0.1, -0.05) is 44.2 Å². The van der Waals surface area contributed by atoms with E-state index < -0.39 is 0 Å². The smallest absolute Gasteiger partial charge is 0.226 e. The third kappa shape index (κ3) is 4.16. The molecule has 0 saturated carbocycles. The molecule has 0 saturated heterocycles. The maximum Gasteiger partial charge on any atom is 0.226 e. The van der Waals surface area contributed by atoms with Gasteiger partial charge in [0.05, 0.1) is 5.69 Å². The van der Waals surface area contributed by atoms with Gasteiger partial charge in [0.25, 0.3) is 0 Å². The summed E-state index contributed by atoms with van der Waals surface area (Å²) >= 11 is 0. The van der Waals surface area contributed by atoms with Gasteiger partial charge in [0.1, 0.15) is 12.4 Å². The third-order valence-corrected chi connectivity index (χ3v) is 4.23. The van der Waals surface area contributed by atoms with Crippen LogP contribution in [0.25, 0.3) is 0 Å². The first-order valence-corrected chi connectivity index (χ1v) is 8.71. The number of hydrogen-bond acceptors (Lipinski definition) is 2. The van der Waals surface area contributed by atoms with Crippen molar-refractivity contribution in [2.24, 2.45) is 0 Å². The summed E-state index contributed by atoms with van der Waals surface area (Å²) in [4.78, 5) is 14.0. The summed E-state index contributed by atoms with van der Waals surface area (Å²) in [5, 5.41) is 0. The highest BCUT2D eigenvalue weighted by Gasteiger charge is 2.15. The summed E-state index contributed by atoms with van der Waals surface area (Å²) in [5.41, 5.74) is 4.42. The van der Waals surface area contributed by atoms with Gasteiger partial charge in [0, 0.05) is 18.5 Å². The average Bonchev–Trinajstić information content (AvgIpc) is 2.62. The van der Waals surface area contributed by atoms with Gasteiger partial charge in [-0.25, -0.2) is 0 Å². The van der Waals surface area contributed by atoms with Crippen LogP contribution in [0.2, 0.25) is 0 Å².